The van der Waals surface area contributed by atoms with Crippen LogP contribution in [0.3, 0.4) is 0 Å². The highest BCUT2D eigenvalue weighted by atomic mass is 32.2. The Morgan fingerprint density at radius 3 is 2.42 bits per heavy atom. The minimum atomic E-state index is -0.367. The van der Waals surface area contributed by atoms with Gasteiger partial charge in [-0.05, 0) is 23.6 Å². The second kappa shape index (κ2) is 10.3. The minimum Gasteiger partial charge on any atom is -0.497 e. The number of carbonyl (C=O) groups excluding carboxylic acids is 2. The Labute approximate surface area is 198 Å². The molecule has 0 fully saturated rings. The second-order valence-corrected chi connectivity index (χ2v) is 8.99. The highest BCUT2D eigenvalue weighted by molar-refractivity contribution is 8.01. The second-order valence-electron chi connectivity index (χ2n) is 6.79. The van der Waals surface area contributed by atoms with Crippen LogP contribution in [0.15, 0.2) is 65.0 Å². The summed E-state index contributed by atoms with van der Waals surface area (Å²) in [6.45, 7) is 0. The first-order valence-electron chi connectivity index (χ1n) is 9.84. The van der Waals surface area contributed by atoms with Gasteiger partial charge >= 0.3 is 0 Å². The van der Waals surface area contributed by atoms with E-state index in [2.05, 4.69) is 20.8 Å². The standard InChI is InChI=1S/C23H20N4O4S2/c1-30-16-10-15(11-17(12-16)31-2)21(29)25-22-26-27-23(33-22)32-13-20(28)24-19-9-5-7-14-6-3-4-8-18(14)19/h3-12H,13H2,1-2H3,(H,24,28)(H,25,26,29). The topological polar surface area (TPSA) is 102 Å². The Kier molecular flexibility index (Phi) is 7.06. The van der Waals surface area contributed by atoms with Gasteiger partial charge in [0, 0.05) is 22.7 Å². The number of anilines is 2. The number of hydrogen-bond donors (Lipinski definition) is 2. The highest BCUT2D eigenvalue weighted by Gasteiger charge is 2.14. The van der Waals surface area contributed by atoms with Gasteiger partial charge in [-0.25, -0.2) is 0 Å². The predicted molar refractivity (Wildman–Crippen MR) is 131 cm³/mol. The molecule has 0 saturated carbocycles. The fourth-order valence-corrected chi connectivity index (χ4v) is 4.62. The number of carbonyl (C=O) groups is 2. The Morgan fingerprint density at radius 1 is 0.939 bits per heavy atom. The summed E-state index contributed by atoms with van der Waals surface area (Å²) in [7, 11) is 3.03. The zero-order valence-electron chi connectivity index (χ0n) is 17.8. The first-order chi connectivity index (χ1) is 16.1. The predicted octanol–water partition coefficient (Wildman–Crippen LogP) is 4.69. The maximum Gasteiger partial charge on any atom is 0.257 e. The number of nitrogens with one attached hydrogen (secondary N) is 2. The molecule has 2 amide bonds. The molecule has 2 N–H and O–H groups in total. The van der Waals surface area contributed by atoms with Gasteiger partial charge in [-0.2, -0.15) is 0 Å². The first kappa shape index (κ1) is 22.6. The lowest BCUT2D eigenvalue weighted by molar-refractivity contribution is -0.113. The summed E-state index contributed by atoms with van der Waals surface area (Å²) in [6.07, 6.45) is 0. The molecule has 1 aromatic heterocycles. The van der Waals surface area contributed by atoms with Crippen molar-refractivity contribution >= 4 is 56.5 Å². The van der Waals surface area contributed by atoms with Crippen molar-refractivity contribution in [3.8, 4) is 11.5 Å². The average molecular weight is 481 g/mol. The minimum absolute atomic E-state index is 0.152. The van der Waals surface area contributed by atoms with Gasteiger partial charge in [0.15, 0.2) is 4.34 Å². The van der Waals surface area contributed by atoms with E-state index in [0.29, 0.717) is 26.5 Å². The van der Waals surface area contributed by atoms with Crippen molar-refractivity contribution in [3.63, 3.8) is 0 Å². The molecular formula is C23H20N4O4S2. The van der Waals surface area contributed by atoms with Crippen LogP contribution in [0.25, 0.3) is 10.8 Å². The van der Waals surface area contributed by atoms with E-state index in [1.165, 1.54) is 37.3 Å². The van der Waals surface area contributed by atoms with Gasteiger partial charge in [-0.3, -0.25) is 14.9 Å². The van der Waals surface area contributed by atoms with Crippen molar-refractivity contribution in [2.24, 2.45) is 0 Å². The van der Waals surface area contributed by atoms with Crippen LogP contribution in [-0.2, 0) is 4.79 Å². The van der Waals surface area contributed by atoms with Crippen LogP contribution >= 0.6 is 23.1 Å². The number of amides is 2. The average Bonchev–Trinajstić information content (AvgIpc) is 3.29. The molecule has 0 radical (unpaired) electrons. The molecule has 33 heavy (non-hydrogen) atoms. The van der Waals surface area contributed by atoms with E-state index < -0.39 is 0 Å². The number of methoxy groups -OCH3 is 2. The van der Waals surface area contributed by atoms with Crippen LogP contribution in [0.5, 0.6) is 11.5 Å². The maximum absolute atomic E-state index is 12.6. The molecule has 0 unspecified atom stereocenters. The molecule has 1 heterocycles. The summed E-state index contributed by atoms with van der Waals surface area (Å²) in [4.78, 5) is 25.0. The fourth-order valence-electron chi connectivity index (χ4n) is 3.07. The maximum atomic E-state index is 12.6. The molecule has 8 nitrogen and oxygen atoms in total. The molecule has 168 valence electrons. The fraction of sp³-hybridized carbons (Fsp3) is 0.130. The number of ether oxygens (including phenoxy) is 2. The SMILES string of the molecule is COc1cc(OC)cc(C(=O)Nc2nnc(SCC(=O)Nc3cccc4ccccc34)s2)c1. The number of benzene rings is 3. The summed E-state index contributed by atoms with van der Waals surface area (Å²) >= 11 is 2.44. The lowest BCUT2D eigenvalue weighted by Crippen LogP contribution is -2.14. The summed E-state index contributed by atoms with van der Waals surface area (Å²) < 4.78 is 11.0. The molecule has 0 aliphatic heterocycles. The Bertz CT molecular complexity index is 1280. The molecule has 10 heteroatoms. The number of fused-ring (bicyclic) bond motifs is 1. The van der Waals surface area contributed by atoms with Gasteiger partial charge in [-0.15, -0.1) is 10.2 Å². The third kappa shape index (κ3) is 5.60. The van der Waals surface area contributed by atoms with E-state index in [4.69, 9.17) is 9.47 Å². The zero-order valence-corrected chi connectivity index (χ0v) is 19.5. The quantitative estimate of drug-likeness (QED) is 0.279. The molecular weight excluding hydrogens is 460 g/mol. The van der Waals surface area contributed by atoms with E-state index in [1.54, 1.807) is 18.2 Å². The number of hydrogen-bond acceptors (Lipinski definition) is 8. The number of thioether (sulfide) groups is 1. The normalized spacial score (nSPS) is 10.6. The van der Waals surface area contributed by atoms with E-state index in [-0.39, 0.29) is 17.6 Å². The van der Waals surface area contributed by atoms with Crippen LogP contribution in [-0.4, -0.2) is 42.0 Å². The van der Waals surface area contributed by atoms with E-state index in [9.17, 15) is 9.59 Å². The molecule has 4 rings (SSSR count). The Hall–Kier alpha value is -3.63. The lowest BCUT2D eigenvalue weighted by Gasteiger charge is -2.08. The molecule has 0 saturated heterocycles. The molecule has 3 aromatic carbocycles. The monoisotopic (exact) mass is 480 g/mol. The van der Waals surface area contributed by atoms with Crippen molar-refractivity contribution in [2.75, 3.05) is 30.6 Å². The van der Waals surface area contributed by atoms with Crippen LogP contribution in [0.4, 0.5) is 10.8 Å². The molecule has 0 aliphatic carbocycles. The number of aromatic nitrogens is 2. The Balaban J connectivity index is 1.35. The molecule has 4 aromatic rings. The van der Waals surface area contributed by atoms with Crippen molar-refractivity contribution in [1.29, 1.82) is 0 Å². The Morgan fingerprint density at radius 2 is 1.67 bits per heavy atom. The number of rotatable bonds is 8. The summed E-state index contributed by atoms with van der Waals surface area (Å²) in [5.41, 5.74) is 1.13. The van der Waals surface area contributed by atoms with Gasteiger partial charge < -0.3 is 14.8 Å². The molecule has 0 atom stereocenters. The van der Waals surface area contributed by atoms with Crippen LogP contribution in [0.2, 0.25) is 0 Å². The van der Waals surface area contributed by atoms with Crippen molar-refractivity contribution in [3.05, 3.63) is 66.2 Å². The van der Waals surface area contributed by atoms with Gasteiger partial charge in [0.05, 0.1) is 20.0 Å². The first-order valence-corrected chi connectivity index (χ1v) is 11.6. The van der Waals surface area contributed by atoms with Crippen molar-refractivity contribution in [2.45, 2.75) is 4.34 Å². The van der Waals surface area contributed by atoms with Crippen molar-refractivity contribution < 1.29 is 19.1 Å². The summed E-state index contributed by atoms with van der Waals surface area (Å²) in [6, 6.07) is 18.5. The molecule has 0 spiro atoms. The van der Waals surface area contributed by atoms with Crippen LogP contribution in [0, 0.1) is 0 Å². The third-order valence-electron chi connectivity index (χ3n) is 4.63. The van der Waals surface area contributed by atoms with Crippen LogP contribution < -0.4 is 20.1 Å². The lowest BCUT2D eigenvalue weighted by atomic mass is 10.1. The van der Waals surface area contributed by atoms with E-state index in [0.717, 1.165) is 16.5 Å². The largest absolute Gasteiger partial charge is 0.497 e. The van der Waals surface area contributed by atoms with Gasteiger partial charge in [0.25, 0.3) is 5.91 Å². The highest BCUT2D eigenvalue weighted by Crippen LogP contribution is 2.28. The summed E-state index contributed by atoms with van der Waals surface area (Å²) in [5.74, 6) is 0.656. The third-order valence-corrected chi connectivity index (χ3v) is 6.60. The summed E-state index contributed by atoms with van der Waals surface area (Å²) in [5, 5.41) is 16.1. The van der Waals surface area contributed by atoms with Gasteiger partial charge in [0.2, 0.25) is 11.0 Å². The van der Waals surface area contributed by atoms with Crippen molar-refractivity contribution in [1.82, 2.24) is 10.2 Å². The zero-order chi connectivity index (χ0) is 23.2. The van der Waals surface area contributed by atoms with Gasteiger partial charge in [-0.1, -0.05) is 59.5 Å². The van der Waals surface area contributed by atoms with Gasteiger partial charge in [0.1, 0.15) is 11.5 Å². The smallest absolute Gasteiger partial charge is 0.257 e. The van der Waals surface area contributed by atoms with E-state index >= 15 is 0 Å². The molecule has 0 bridgehead atoms. The van der Waals surface area contributed by atoms with E-state index in [1.807, 2.05) is 42.5 Å². The molecule has 0 aliphatic rings. The van der Waals surface area contributed by atoms with Crippen LogP contribution in [0.1, 0.15) is 10.4 Å². The number of nitrogens with zero attached hydrogens (tertiary/aromatic N) is 2.